The van der Waals surface area contributed by atoms with Gasteiger partial charge < -0.3 is 0 Å². The number of ketones is 1. The van der Waals surface area contributed by atoms with E-state index in [1.807, 2.05) is 32.1 Å². The Hall–Kier alpha value is -1.81. The van der Waals surface area contributed by atoms with Gasteiger partial charge >= 0.3 is 0 Å². The third-order valence-corrected chi connectivity index (χ3v) is 1.87. The molecule has 0 bridgehead atoms. The van der Waals surface area contributed by atoms with Crippen molar-refractivity contribution in [2.75, 3.05) is 0 Å². The predicted molar refractivity (Wildman–Crippen MR) is 62.8 cm³/mol. The zero-order valence-electron chi connectivity index (χ0n) is 9.29. The van der Waals surface area contributed by atoms with E-state index in [2.05, 4.69) is 11.8 Å². The number of hydrogen-bond donors (Lipinski definition) is 0. The van der Waals surface area contributed by atoms with Crippen LogP contribution in [0.2, 0.25) is 0 Å². The van der Waals surface area contributed by atoms with Crippen LogP contribution in [-0.2, 0) is 0 Å². The third-order valence-electron chi connectivity index (χ3n) is 1.87. The summed E-state index contributed by atoms with van der Waals surface area (Å²) in [6.45, 7) is 5.57. The molecule has 0 heterocycles. The minimum absolute atomic E-state index is 0.0822. The highest BCUT2D eigenvalue weighted by atomic mass is 16.1. The topological polar surface area (TPSA) is 17.1 Å². The summed E-state index contributed by atoms with van der Waals surface area (Å²) in [5.41, 5.74) is 2.84. The van der Waals surface area contributed by atoms with Crippen LogP contribution < -0.4 is 0 Å². The first-order valence-electron chi connectivity index (χ1n) is 4.85. The van der Waals surface area contributed by atoms with E-state index in [4.69, 9.17) is 0 Å². The Bertz CT molecular complexity index is 434. The van der Waals surface area contributed by atoms with Crippen LogP contribution in [0.15, 0.2) is 35.9 Å². The molecule has 15 heavy (non-hydrogen) atoms. The lowest BCUT2D eigenvalue weighted by Crippen LogP contribution is -1.90. The second-order valence-corrected chi connectivity index (χ2v) is 3.62. The minimum Gasteiger partial charge on any atom is -0.295 e. The van der Waals surface area contributed by atoms with Crippen molar-refractivity contribution >= 4 is 5.78 Å². The van der Waals surface area contributed by atoms with Gasteiger partial charge in [-0.05, 0) is 39.0 Å². The fraction of sp³-hybridized carbons (Fsp3) is 0.214. The Morgan fingerprint density at radius 3 is 2.20 bits per heavy atom. The van der Waals surface area contributed by atoms with E-state index >= 15 is 0 Å². The molecule has 0 N–H and O–H groups in total. The third kappa shape index (κ3) is 3.83. The Labute approximate surface area is 90.8 Å². The zero-order chi connectivity index (χ0) is 11.3. The number of benzene rings is 1. The first-order valence-corrected chi connectivity index (χ1v) is 4.85. The normalized spacial score (nSPS) is 8.73. The summed E-state index contributed by atoms with van der Waals surface area (Å²) >= 11 is 0. The predicted octanol–water partition coefficient (Wildman–Crippen LogP) is 3.21. The van der Waals surface area contributed by atoms with Crippen molar-refractivity contribution < 1.29 is 4.79 Å². The molecule has 1 heteroatoms. The molecule has 0 saturated heterocycles. The Kier molecular flexibility index (Phi) is 3.88. The van der Waals surface area contributed by atoms with E-state index in [0.717, 1.165) is 11.1 Å². The van der Waals surface area contributed by atoms with Crippen molar-refractivity contribution in [3.05, 3.63) is 47.0 Å². The van der Waals surface area contributed by atoms with Crippen LogP contribution in [0.5, 0.6) is 0 Å². The van der Waals surface area contributed by atoms with Gasteiger partial charge in [-0.1, -0.05) is 29.5 Å². The lowest BCUT2D eigenvalue weighted by molar-refractivity contribution is 0.101. The van der Waals surface area contributed by atoms with E-state index in [1.165, 1.54) is 5.57 Å². The number of Topliss-reactive ketones (excluding diaryl/α,β-unsaturated/α-hetero) is 1. The molecule has 1 aromatic rings. The Morgan fingerprint density at radius 2 is 1.73 bits per heavy atom. The lowest BCUT2D eigenvalue weighted by atomic mass is 10.1. The van der Waals surface area contributed by atoms with Crippen molar-refractivity contribution in [2.45, 2.75) is 20.8 Å². The van der Waals surface area contributed by atoms with Gasteiger partial charge in [-0.2, -0.15) is 0 Å². The second kappa shape index (κ2) is 5.17. The number of allylic oxidation sites excluding steroid dienone is 2. The second-order valence-electron chi connectivity index (χ2n) is 3.62. The molecule has 0 saturated carbocycles. The van der Waals surface area contributed by atoms with Gasteiger partial charge in [0.05, 0.1) is 0 Å². The lowest BCUT2D eigenvalue weighted by Gasteiger charge is -1.94. The molecular weight excluding hydrogens is 184 g/mol. The first kappa shape index (κ1) is 11.3. The fourth-order valence-corrected chi connectivity index (χ4v) is 1.05. The standard InChI is InChI=1S/C14H14O/c1-11(2)5-4-6-13-7-9-14(10-8-13)12(3)15/h5,7-10H,1-3H3. The summed E-state index contributed by atoms with van der Waals surface area (Å²) in [6.07, 6.45) is 1.87. The molecule has 1 rings (SSSR count). The van der Waals surface area contributed by atoms with Crippen LogP contribution in [0.1, 0.15) is 36.7 Å². The van der Waals surface area contributed by atoms with Crippen LogP contribution >= 0.6 is 0 Å². The largest absolute Gasteiger partial charge is 0.295 e. The molecule has 0 aliphatic heterocycles. The highest BCUT2D eigenvalue weighted by Crippen LogP contribution is 2.03. The summed E-state index contributed by atoms with van der Waals surface area (Å²) in [4.78, 5) is 11.0. The maximum Gasteiger partial charge on any atom is 0.159 e. The average molecular weight is 198 g/mol. The molecule has 0 amide bonds. The van der Waals surface area contributed by atoms with Gasteiger partial charge in [0, 0.05) is 11.1 Å². The average Bonchev–Trinajstić information content (AvgIpc) is 2.18. The molecule has 0 atom stereocenters. The summed E-state index contributed by atoms with van der Waals surface area (Å²) in [7, 11) is 0. The molecule has 0 unspecified atom stereocenters. The monoisotopic (exact) mass is 198 g/mol. The van der Waals surface area contributed by atoms with Crippen LogP contribution in [0.4, 0.5) is 0 Å². The highest BCUT2D eigenvalue weighted by Gasteiger charge is 1.96. The summed E-state index contributed by atoms with van der Waals surface area (Å²) in [5, 5.41) is 0. The van der Waals surface area contributed by atoms with Crippen molar-refractivity contribution in [3.63, 3.8) is 0 Å². The molecule has 1 nitrogen and oxygen atoms in total. The van der Waals surface area contributed by atoms with Gasteiger partial charge in [-0.3, -0.25) is 4.79 Å². The number of hydrogen-bond acceptors (Lipinski definition) is 1. The number of rotatable bonds is 1. The van der Waals surface area contributed by atoms with Gasteiger partial charge in [-0.25, -0.2) is 0 Å². The van der Waals surface area contributed by atoms with Crippen molar-refractivity contribution in [1.82, 2.24) is 0 Å². The van der Waals surface area contributed by atoms with Crippen LogP contribution in [0, 0.1) is 11.8 Å². The summed E-state index contributed by atoms with van der Waals surface area (Å²) in [6, 6.07) is 7.33. The van der Waals surface area contributed by atoms with E-state index in [1.54, 1.807) is 19.1 Å². The molecule has 0 aliphatic rings. The van der Waals surface area contributed by atoms with Gasteiger partial charge in [0.25, 0.3) is 0 Å². The van der Waals surface area contributed by atoms with Gasteiger partial charge in [0.1, 0.15) is 0 Å². The van der Waals surface area contributed by atoms with E-state index in [9.17, 15) is 4.79 Å². The number of carbonyl (C=O) groups excluding carboxylic acids is 1. The molecule has 0 radical (unpaired) electrons. The zero-order valence-corrected chi connectivity index (χ0v) is 9.29. The first-order chi connectivity index (χ1) is 7.09. The minimum atomic E-state index is 0.0822. The molecule has 0 aromatic heterocycles. The van der Waals surface area contributed by atoms with Gasteiger partial charge in [-0.15, -0.1) is 0 Å². The van der Waals surface area contributed by atoms with Gasteiger partial charge in [0.15, 0.2) is 5.78 Å². The molecule has 76 valence electrons. The maximum atomic E-state index is 11.0. The quantitative estimate of drug-likeness (QED) is 0.500. The van der Waals surface area contributed by atoms with Crippen molar-refractivity contribution in [2.24, 2.45) is 0 Å². The van der Waals surface area contributed by atoms with E-state index in [0.29, 0.717) is 0 Å². The van der Waals surface area contributed by atoms with Crippen molar-refractivity contribution in [3.8, 4) is 11.8 Å². The molecule has 0 spiro atoms. The maximum absolute atomic E-state index is 11.0. The molecular formula is C14H14O. The Morgan fingerprint density at radius 1 is 1.13 bits per heavy atom. The number of carbonyl (C=O) groups is 1. The highest BCUT2D eigenvalue weighted by molar-refractivity contribution is 5.94. The summed E-state index contributed by atoms with van der Waals surface area (Å²) < 4.78 is 0. The summed E-state index contributed by atoms with van der Waals surface area (Å²) in [5.74, 6) is 6.04. The SMILES string of the molecule is CC(=O)c1ccc(C#CC=C(C)C)cc1. The van der Waals surface area contributed by atoms with Crippen LogP contribution in [0.3, 0.4) is 0 Å². The molecule has 1 aromatic carbocycles. The van der Waals surface area contributed by atoms with Gasteiger partial charge in [0.2, 0.25) is 0 Å². The molecule has 0 fully saturated rings. The van der Waals surface area contributed by atoms with E-state index < -0.39 is 0 Å². The molecule has 0 aliphatic carbocycles. The van der Waals surface area contributed by atoms with Crippen molar-refractivity contribution in [1.29, 1.82) is 0 Å². The van der Waals surface area contributed by atoms with Crippen LogP contribution in [-0.4, -0.2) is 5.78 Å². The Balaban J connectivity index is 2.84. The van der Waals surface area contributed by atoms with Crippen LogP contribution in [0.25, 0.3) is 0 Å². The smallest absolute Gasteiger partial charge is 0.159 e. The van der Waals surface area contributed by atoms with E-state index in [-0.39, 0.29) is 5.78 Å². The fourth-order valence-electron chi connectivity index (χ4n) is 1.05.